The van der Waals surface area contributed by atoms with E-state index in [0.717, 1.165) is 28.8 Å². The molecule has 0 aliphatic carbocycles. The predicted octanol–water partition coefficient (Wildman–Crippen LogP) is 5.26. The zero-order chi connectivity index (χ0) is 24.1. The Kier molecular flexibility index (Phi) is 7.18. The summed E-state index contributed by atoms with van der Waals surface area (Å²) in [6.07, 6.45) is 6.07. The number of halogens is 1. The van der Waals surface area contributed by atoms with Crippen LogP contribution in [0.3, 0.4) is 0 Å². The molecule has 1 aromatic carbocycles. The third-order valence-corrected chi connectivity index (χ3v) is 5.59. The molecule has 0 saturated heterocycles. The van der Waals surface area contributed by atoms with Gasteiger partial charge in [-0.1, -0.05) is 26.0 Å². The van der Waals surface area contributed by atoms with Crippen LogP contribution >= 0.6 is 0 Å². The summed E-state index contributed by atoms with van der Waals surface area (Å²) in [4.78, 5) is 8.31. The molecule has 0 spiro atoms. The lowest BCUT2D eigenvalue weighted by Gasteiger charge is -2.29. The summed E-state index contributed by atoms with van der Waals surface area (Å²) in [5, 5.41) is 7.52. The summed E-state index contributed by atoms with van der Waals surface area (Å²) < 4.78 is 31.4. The Balaban J connectivity index is 0.00000133. The highest BCUT2D eigenvalue weighted by atomic mass is 19.1. The average Bonchev–Trinajstić information content (AvgIpc) is 2.88. The molecule has 2 aromatic heterocycles. The maximum atomic E-state index is 14.3. The van der Waals surface area contributed by atoms with E-state index >= 15 is 0 Å². The van der Waals surface area contributed by atoms with Gasteiger partial charge in [0.05, 0.1) is 31.0 Å². The molecule has 7 nitrogen and oxygen atoms in total. The smallest absolute Gasteiger partial charge is 0.279 e. The molecular formula is C26H27FN4O3. The lowest BCUT2D eigenvalue weighted by atomic mass is 9.86. The molecular weight excluding hydrogens is 435 g/mol. The fraction of sp³-hybridized carbons (Fsp3) is 0.269. The van der Waals surface area contributed by atoms with Crippen LogP contribution in [-0.4, -0.2) is 35.8 Å². The molecule has 0 saturated carbocycles. The number of hydrogen-bond donors (Lipinski definition) is 2. The second kappa shape index (κ2) is 10.4. The van der Waals surface area contributed by atoms with Crippen LogP contribution in [0.5, 0.6) is 11.5 Å². The Morgan fingerprint density at radius 1 is 1.18 bits per heavy atom. The number of nitrogens with one attached hydrogen (secondary N) is 1. The van der Waals surface area contributed by atoms with Crippen molar-refractivity contribution in [1.29, 1.82) is 5.41 Å². The number of nitrogens with two attached hydrogens (primary N) is 1. The highest BCUT2D eigenvalue weighted by molar-refractivity contribution is 5.71. The highest BCUT2D eigenvalue weighted by Crippen LogP contribution is 2.46. The van der Waals surface area contributed by atoms with E-state index in [1.165, 1.54) is 6.20 Å². The van der Waals surface area contributed by atoms with E-state index in [1.807, 2.05) is 26.0 Å². The van der Waals surface area contributed by atoms with Crippen molar-refractivity contribution in [3.05, 3.63) is 77.6 Å². The van der Waals surface area contributed by atoms with Crippen LogP contribution < -0.4 is 10.5 Å². The molecule has 3 N–H and O–H groups in total. The lowest BCUT2D eigenvalue weighted by molar-refractivity contribution is 0.164. The van der Waals surface area contributed by atoms with Crippen molar-refractivity contribution < 1.29 is 18.6 Å². The molecule has 0 bridgehead atoms. The first-order valence-electron chi connectivity index (χ1n) is 11.3. The van der Waals surface area contributed by atoms with Crippen molar-refractivity contribution in [2.75, 3.05) is 19.8 Å². The first-order valence-corrected chi connectivity index (χ1v) is 11.3. The van der Waals surface area contributed by atoms with Crippen LogP contribution in [0, 0.1) is 11.4 Å². The van der Waals surface area contributed by atoms with Gasteiger partial charge in [-0.3, -0.25) is 10.4 Å². The summed E-state index contributed by atoms with van der Waals surface area (Å²) in [5.41, 5.74) is 10.0. The summed E-state index contributed by atoms with van der Waals surface area (Å²) >= 11 is 0. The van der Waals surface area contributed by atoms with Crippen LogP contribution in [0.15, 0.2) is 54.9 Å². The Bertz CT molecular complexity index is 1230. The van der Waals surface area contributed by atoms with Gasteiger partial charge in [-0.15, -0.1) is 0 Å². The normalized spacial score (nSPS) is 16.1. The zero-order valence-corrected chi connectivity index (χ0v) is 19.2. The Morgan fingerprint density at radius 3 is 2.74 bits per heavy atom. The number of amidine groups is 1. The van der Waals surface area contributed by atoms with E-state index in [0.29, 0.717) is 35.8 Å². The van der Waals surface area contributed by atoms with E-state index < -0.39 is 5.95 Å². The van der Waals surface area contributed by atoms with Crippen LogP contribution in [0.25, 0.3) is 16.7 Å². The number of benzene rings is 1. The van der Waals surface area contributed by atoms with Gasteiger partial charge in [-0.2, -0.15) is 4.39 Å². The van der Waals surface area contributed by atoms with Crippen LogP contribution in [-0.2, 0) is 9.47 Å². The number of hydrogen-bond acceptors (Lipinski definition) is 6. The second-order valence-corrected chi connectivity index (χ2v) is 7.60. The van der Waals surface area contributed by atoms with Crippen molar-refractivity contribution in [1.82, 2.24) is 9.97 Å². The average molecular weight is 463 g/mol. The van der Waals surface area contributed by atoms with Gasteiger partial charge in [0, 0.05) is 22.9 Å². The van der Waals surface area contributed by atoms with Gasteiger partial charge in [0.25, 0.3) is 6.02 Å². The van der Waals surface area contributed by atoms with Crippen LogP contribution in [0.4, 0.5) is 4.39 Å². The topological polar surface area (TPSA) is 103 Å². The van der Waals surface area contributed by atoms with Crippen molar-refractivity contribution >= 4 is 11.6 Å². The maximum absolute atomic E-state index is 14.3. The number of fused-ring (bicyclic) bond motifs is 2. The van der Waals surface area contributed by atoms with Gasteiger partial charge < -0.3 is 19.9 Å². The monoisotopic (exact) mass is 462 g/mol. The number of ether oxygens (including phenoxy) is 3. The fourth-order valence-corrected chi connectivity index (χ4v) is 4.05. The van der Waals surface area contributed by atoms with Crippen molar-refractivity contribution in [2.45, 2.75) is 26.2 Å². The largest absolute Gasteiger partial charge is 0.465 e. The van der Waals surface area contributed by atoms with Crippen molar-refractivity contribution in [3.63, 3.8) is 0 Å². The van der Waals surface area contributed by atoms with E-state index in [1.54, 1.807) is 30.5 Å². The molecule has 1 atom stereocenters. The van der Waals surface area contributed by atoms with Gasteiger partial charge >= 0.3 is 0 Å². The molecule has 176 valence electrons. The molecule has 4 heterocycles. The van der Waals surface area contributed by atoms with Gasteiger partial charge in [0.15, 0.2) is 0 Å². The van der Waals surface area contributed by atoms with Crippen LogP contribution in [0.2, 0.25) is 0 Å². The van der Waals surface area contributed by atoms with E-state index in [-0.39, 0.29) is 18.5 Å². The molecule has 34 heavy (non-hydrogen) atoms. The Labute approximate surface area is 197 Å². The van der Waals surface area contributed by atoms with Crippen molar-refractivity contribution in [3.8, 4) is 22.6 Å². The number of rotatable bonds is 4. The Hall–Kier alpha value is -3.78. The zero-order valence-electron chi connectivity index (χ0n) is 19.2. The van der Waals surface area contributed by atoms with Gasteiger partial charge in [-0.05, 0) is 47.9 Å². The minimum absolute atomic E-state index is 0.136. The van der Waals surface area contributed by atoms with Gasteiger partial charge in [-0.25, -0.2) is 4.98 Å². The van der Waals surface area contributed by atoms with Crippen molar-refractivity contribution in [2.24, 2.45) is 5.73 Å². The molecule has 0 radical (unpaired) electrons. The SMILES string of the molecule is CC.N=C(N)OCC1c2cc(-c3cccnc3F)ccc2Oc2cnc(C3=CCCOC3)cc21. The number of nitrogens with zero attached hydrogens (tertiary/aromatic N) is 2. The van der Waals surface area contributed by atoms with Crippen LogP contribution in [0.1, 0.15) is 43.0 Å². The van der Waals surface area contributed by atoms with Gasteiger partial charge in [0.2, 0.25) is 5.95 Å². The fourth-order valence-electron chi connectivity index (χ4n) is 4.05. The minimum Gasteiger partial charge on any atom is -0.465 e. The van der Waals surface area contributed by atoms with Gasteiger partial charge in [0.1, 0.15) is 18.1 Å². The molecule has 3 aromatic rings. The molecule has 5 rings (SSSR count). The minimum atomic E-state index is -0.545. The number of aromatic nitrogens is 2. The molecule has 8 heteroatoms. The first kappa shape index (κ1) is 23.4. The van der Waals surface area contributed by atoms with E-state index in [4.69, 9.17) is 25.4 Å². The summed E-state index contributed by atoms with van der Waals surface area (Å²) in [6, 6.07) is 10.4. The standard InChI is InChI=1S/C24H21FN4O3.C2H6/c25-23-16(4-1-7-28-23)14-5-6-21-17(9-14)19(13-31-24(26)27)18-10-20(29-11-22(18)32-21)15-3-2-8-30-12-15;1-2/h1,3-7,9-11,19H,2,8,12-13H2,(H3,26,27);1-2H3. The number of pyridine rings is 2. The molecule has 2 aliphatic heterocycles. The molecule has 1 unspecified atom stereocenters. The quantitative estimate of drug-likeness (QED) is 0.311. The summed E-state index contributed by atoms with van der Waals surface area (Å²) in [5.74, 6) is 0.398. The Morgan fingerprint density at radius 2 is 2.00 bits per heavy atom. The second-order valence-electron chi connectivity index (χ2n) is 7.60. The maximum Gasteiger partial charge on any atom is 0.279 e. The van der Waals surface area contributed by atoms with E-state index in [9.17, 15) is 4.39 Å². The molecule has 0 fully saturated rings. The summed E-state index contributed by atoms with van der Waals surface area (Å²) in [7, 11) is 0. The highest BCUT2D eigenvalue weighted by Gasteiger charge is 2.30. The molecule has 0 amide bonds. The molecule has 2 aliphatic rings. The third kappa shape index (κ3) is 4.77. The first-order chi connectivity index (χ1) is 16.6. The summed E-state index contributed by atoms with van der Waals surface area (Å²) in [6.45, 7) is 5.34. The third-order valence-electron chi connectivity index (χ3n) is 5.59. The lowest BCUT2D eigenvalue weighted by Crippen LogP contribution is -2.22. The van der Waals surface area contributed by atoms with E-state index in [2.05, 4.69) is 16.0 Å². The predicted molar refractivity (Wildman–Crippen MR) is 128 cm³/mol.